The third kappa shape index (κ3) is 5.11. The van der Waals surface area contributed by atoms with Crippen molar-refractivity contribution in [3.05, 3.63) is 161 Å². The molecule has 0 radical (unpaired) electrons. The van der Waals surface area contributed by atoms with Crippen LogP contribution < -0.4 is 5.73 Å². The molecule has 5 heteroatoms. The van der Waals surface area contributed by atoms with Crippen molar-refractivity contribution in [3.8, 4) is 11.1 Å². The first-order valence-electron chi connectivity index (χ1n) is 16.7. The molecule has 1 aliphatic rings. The van der Waals surface area contributed by atoms with Crippen molar-refractivity contribution in [1.29, 1.82) is 0 Å². The smallest absolute Gasteiger partial charge is 0.158 e. The van der Waals surface area contributed by atoms with E-state index in [1.54, 1.807) is 0 Å². The summed E-state index contributed by atoms with van der Waals surface area (Å²) in [6.45, 7) is 2.65. The fourth-order valence-electron chi connectivity index (χ4n) is 7.15. The van der Waals surface area contributed by atoms with Crippen molar-refractivity contribution in [2.75, 3.05) is 0 Å². The lowest BCUT2D eigenvalue weighted by Gasteiger charge is -2.11. The van der Waals surface area contributed by atoms with Gasteiger partial charge in [0.05, 0.1) is 6.54 Å². The second-order valence-corrected chi connectivity index (χ2v) is 12.8. The summed E-state index contributed by atoms with van der Waals surface area (Å²) in [6.07, 6.45) is 5.27. The van der Waals surface area contributed by atoms with Gasteiger partial charge in [0, 0.05) is 39.3 Å². The Morgan fingerprint density at radius 3 is 2.24 bits per heavy atom. The number of aliphatic imine (C=N–C) groups is 2. The van der Waals surface area contributed by atoms with Crippen LogP contribution in [0.2, 0.25) is 0 Å². The summed E-state index contributed by atoms with van der Waals surface area (Å²) in [5.41, 5.74) is 15.5. The van der Waals surface area contributed by atoms with Gasteiger partial charge >= 0.3 is 0 Å². The van der Waals surface area contributed by atoms with Crippen LogP contribution in [0.1, 0.15) is 34.9 Å². The molecule has 236 valence electrons. The molecule has 1 atom stereocenters. The third-order valence-electron chi connectivity index (χ3n) is 9.50. The summed E-state index contributed by atoms with van der Waals surface area (Å²) in [5, 5.41) is 5.33. The molecule has 0 spiro atoms. The summed E-state index contributed by atoms with van der Waals surface area (Å²) >= 11 is 0. The van der Waals surface area contributed by atoms with Gasteiger partial charge in [-0.2, -0.15) is 0 Å². The maximum absolute atomic E-state index is 7.05. The minimum absolute atomic E-state index is 0.368. The molecule has 5 nitrogen and oxygen atoms in total. The van der Waals surface area contributed by atoms with E-state index in [1.165, 1.54) is 10.8 Å². The second-order valence-electron chi connectivity index (χ2n) is 12.8. The first-order chi connectivity index (χ1) is 24.1. The number of allylic oxidation sites excluding steroid dienone is 1. The number of hydrogen-bond acceptors (Lipinski definition) is 3. The zero-order valence-electron chi connectivity index (χ0n) is 27.1. The van der Waals surface area contributed by atoms with E-state index in [4.69, 9.17) is 24.6 Å². The van der Waals surface area contributed by atoms with Crippen LogP contribution in [0.5, 0.6) is 0 Å². The average Bonchev–Trinajstić information content (AvgIpc) is 3.71. The van der Waals surface area contributed by atoms with Crippen LogP contribution >= 0.6 is 0 Å². The molecule has 0 saturated carbocycles. The maximum Gasteiger partial charge on any atom is 0.158 e. The lowest BCUT2D eigenvalue weighted by molar-refractivity contribution is 0.513. The molecule has 0 fully saturated rings. The highest BCUT2D eigenvalue weighted by molar-refractivity contribution is 6.24. The minimum atomic E-state index is 0.368. The summed E-state index contributed by atoms with van der Waals surface area (Å²) in [4.78, 5) is 10.3. The van der Waals surface area contributed by atoms with Crippen LogP contribution in [0.15, 0.2) is 152 Å². The first kappa shape index (κ1) is 29.0. The van der Waals surface area contributed by atoms with E-state index in [2.05, 4.69) is 97.9 Å². The highest BCUT2D eigenvalue weighted by atomic mass is 16.3. The number of rotatable bonds is 5. The molecular weight excluding hydrogens is 603 g/mol. The minimum Gasteiger partial charge on any atom is -0.460 e. The predicted octanol–water partition coefficient (Wildman–Crippen LogP) is 10.7. The van der Waals surface area contributed by atoms with E-state index >= 15 is 0 Å². The molecule has 0 aliphatic heterocycles. The molecule has 0 bridgehead atoms. The molecule has 1 aliphatic carbocycles. The van der Waals surface area contributed by atoms with Gasteiger partial charge in [-0.1, -0.05) is 122 Å². The largest absolute Gasteiger partial charge is 0.460 e. The number of hydrogen-bond donors (Lipinski definition) is 1. The summed E-state index contributed by atoms with van der Waals surface area (Å²) in [6, 6.07) is 43.4. The monoisotopic (exact) mass is 635 g/mol. The predicted molar refractivity (Wildman–Crippen MR) is 202 cm³/mol. The van der Waals surface area contributed by atoms with Gasteiger partial charge in [0.2, 0.25) is 0 Å². The van der Waals surface area contributed by atoms with Gasteiger partial charge in [0.1, 0.15) is 28.3 Å². The Labute approximate surface area is 283 Å². The van der Waals surface area contributed by atoms with Crippen LogP contribution in [0.25, 0.3) is 60.9 Å². The van der Waals surface area contributed by atoms with Crippen LogP contribution in [-0.4, -0.2) is 11.7 Å². The van der Waals surface area contributed by atoms with Crippen molar-refractivity contribution < 1.29 is 8.83 Å². The van der Waals surface area contributed by atoms with E-state index in [9.17, 15) is 0 Å². The lowest BCUT2D eigenvalue weighted by Crippen LogP contribution is -2.17. The summed E-state index contributed by atoms with van der Waals surface area (Å²) < 4.78 is 12.8. The highest BCUT2D eigenvalue weighted by Gasteiger charge is 2.23. The van der Waals surface area contributed by atoms with Crippen LogP contribution in [0, 0.1) is 5.92 Å². The second kappa shape index (κ2) is 11.8. The van der Waals surface area contributed by atoms with Gasteiger partial charge in [-0.25, -0.2) is 4.99 Å². The zero-order valence-corrected chi connectivity index (χ0v) is 27.1. The fraction of sp³-hybridized carbons (Fsp3) is 0.0909. The molecule has 0 saturated heterocycles. The van der Waals surface area contributed by atoms with Crippen LogP contribution in [0.3, 0.4) is 0 Å². The molecule has 9 rings (SSSR count). The molecule has 0 amide bonds. The third-order valence-corrected chi connectivity index (χ3v) is 9.50. The van der Waals surface area contributed by atoms with Crippen LogP contribution in [-0.2, 0) is 13.0 Å². The Morgan fingerprint density at radius 1 is 0.694 bits per heavy atom. The lowest BCUT2D eigenvalue weighted by atomic mass is 9.93. The van der Waals surface area contributed by atoms with E-state index in [1.807, 2.05) is 48.5 Å². The molecule has 2 aromatic heterocycles. The Hall–Kier alpha value is -6.20. The van der Waals surface area contributed by atoms with Crippen molar-refractivity contribution in [2.24, 2.45) is 21.6 Å². The van der Waals surface area contributed by atoms with Gasteiger partial charge in [-0.3, -0.25) is 4.99 Å². The average molecular weight is 636 g/mol. The standard InChI is InChI=1S/C44H33N3O2/c1-27-20-23-33-39(24-27)49-36-17-9-16-35(40(33)36)44(46-26-28-21-22-29-10-5-6-13-31(29)25-28)47-43(45)34-15-8-19-38-42(34)41-32(14-7-18-37(41)48-38)30-11-3-2-4-12-30/h2-23,25,27H,24,26H2,1H3,(H2,45,46,47). The normalized spacial score (nSPS) is 15.1. The quantitative estimate of drug-likeness (QED) is 0.151. The first-order valence-corrected chi connectivity index (χ1v) is 16.7. The molecule has 2 N–H and O–H groups in total. The van der Waals surface area contributed by atoms with Crippen molar-refractivity contribution >= 4 is 61.4 Å². The van der Waals surface area contributed by atoms with E-state index in [0.717, 1.165) is 78.5 Å². The Balaban J connectivity index is 1.24. The van der Waals surface area contributed by atoms with E-state index in [0.29, 0.717) is 24.1 Å². The van der Waals surface area contributed by atoms with E-state index in [-0.39, 0.29) is 0 Å². The zero-order chi connectivity index (χ0) is 32.9. The van der Waals surface area contributed by atoms with Gasteiger partial charge in [0.25, 0.3) is 0 Å². The molecular formula is C44H33N3O2. The SMILES string of the molecule is CC1C=Cc2c(oc3cccc(C(=N/Cc4ccc5ccccc5c4)/N=C(\N)c4cccc5oc6cccc(-c7ccccc7)c6c45)c23)C1. The molecule has 6 aromatic carbocycles. The van der Waals surface area contributed by atoms with Crippen molar-refractivity contribution in [3.63, 3.8) is 0 Å². The number of amidine groups is 2. The molecule has 2 heterocycles. The summed E-state index contributed by atoms with van der Waals surface area (Å²) in [7, 11) is 0. The van der Waals surface area contributed by atoms with Crippen molar-refractivity contribution in [2.45, 2.75) is 19.9 Å². The topological polar surface area (TPSA) is 77.0 Å². The molecule has 49 heavy (non-hydrogen) atoms. The maximum atomic E-state index is 7.05. The Kier molecular flexibility index (Phi) is 6.98. The summed E-state index contributed by atoms with van der Waals surface area (Å²) in [5.74, 6) is 2.33. The number of furan rings is 2. The number of nitrogens with two attached hydrogens (primary N) is 1. The van der Waals surface area contributed by atoms with Gasteiger partial charge < -0.3 is 14.6 Å². The van der Waals surface area contributed by atoms with Gasteiger partial charge in [0.15, 0.2) is 5.84 Å². The van der Waals surface area contributed by atoms with E-state index < -0.39 is 0 Å². The van der Waals surface area contributed by atoms with Gasteiger partial charge in [-0.05, 0) is 57.6 Å². The molecule has 1 unspecified atom stereocenters. The van der Waals surface area contributed by atoms with Crippen LogP contribution in [0.4, 0.5) is 0 Å². The number of nitrogens with zero attached hydrogens (tertiary/aromatic N) is 2. The Morgan fingerprint density at radius 2 is 1.41 bits per heavy atom. The van der Waals surface area contributed by atoms with Gasteiger partial charge in [-0.15, -0.1) is 0 Å². The number of benzene rings is 6. The highest BCUT2D eigenvalue weighted by Crippen LogP contribution is 2.39. The number of fused-ring (bicyclic) bond motifs is 7. The Bertz CT molecular complexity index is 2640. The molecule has 8 aromatic rings. The fourth-order valence-corrected chi connectivity index (χ4v) is 7.15. The van der Waals surface area contributed by atoms with Crippen molar-refractivity contribution in [1.82, 2.24) is 0 Å².